The number of thiazole rings is 1. The minimum absolute atomic E-state index is 0.0671. The van der Waals surface area contributed by atoms with Crippen LogP contribution in [0.2, 0.25) is 0 Å². The normalized spacial score (nSPS) is 16.6. The highest BCUT2D eigenvalue weighted by molar-refractivity contribution is 9.10. The van der Waals surface area contributed by atoms with Crippen LogP contribution in [0.25, 0.3) is 5.76 Å². The summed E-state index contributed by atoms with van der Waals surface area (Å²) in [5.41, 5.74) is 1.29. The molecular formula is C28H27BrN2O6S. The number of anilines is 1. The van der Waals surface area contributed by atoms with Gasteiger partial charge in [0.15, 0.2) is 5.13 Å². The number of aromatic nitrogens is 1. The maximum Gasteiger partial charge on any atom is 0.350 e. The molecular weight excluding hydrogens is 572 g/mol. The molecule has 1 aromatic heterocycles. The number of aliphatic hydroxyl groups excluding tert-OH is 1. The first kappa shape index (κ1) is 27.5. The number of ether oxygens (including phenoxy) is 2. The third kappa shape index (κ3) is 5.51. The van der Waals surface area contributed by atoms with E-state index in [4.69, 9.17) is 9.47 Å². The SMILES string of the molecule is CCCCOc1ccc(/C(O)=C2\C(=O)C(=O)N(c3nc(C)c(C(=O)OCC)s3)C2c2ccc(Br)cc2)cc1. The zero-order chi connectivity index (χ0) is 27.4. The van der Waals surface area contributed by atoms with E-state index in [1.807, 2.05) is 0 Å². The molecule has 1 aliphatic heterocycles. The molecule has 1 amide bonds. The number of carbonyl (C=O) groups is 3. The third-order valence-corrected chi connectivity index (χ3v) is 7.64. The summed E-state index contributed by atoms with van der Waals surface area (Å²) in [7, 11) is 0. The van der Waals surface area contributed by atoms with E-state index in [-0.39, 0.29) is 27.9 Å². The minimum atomic E-state index is -0.954. The van der Waals surface area contributed by atoms with Gasteiger partial charge in [0.2, 0.25) is 0 Å². The van der Waals surface area contributed by atoms with Crippen LogP contribution in [0.3, 0.4) is 0 Å². The molecule has 1 atom stereocenters. The largest absolute Gasteiger partial charge is 0.507 e. The van der Waals surface area contributed by atoms with Crippen molar-refractivity contribution in [3.8, 4) is 5.75 Å². The van der Waals surface area contributed by atoms with E-state index in [9.17, 15) is 19.5 Å². The summed E-state index contributed by atoms with van der Waals surface area (Å²) >= 11 is 4.38. The van der Waals surface area contributed by atoms with Gasteiger partial charge in [-0.1, -0.05) is 52.7 Å². The summed E-state index contributed by atoms with van der Waals surface area (Å²) in [5, 5.41) is 11.5. The second-order valence-corrected chi connectivity index (χ2v) is 10.5. The standard InChI is InChI=1S/C28H27BrN2O6S/c1-4-6-15-37-20-13-9-18(10-14-20)23(32)21-22(17-7-11-19(29)12-8-17)31(26(34)24(21)33)28-30-16(3)25(38-28)27(35)36-5-2/h7-14,22,32H,4-6,15H2,1-3H3/b23-21+. The number of hydrogen-bond donors (Lipinski definition) is 1. The van der Waals surface area contributed by atoms with Gasteiger partial charge in [0, 0.05) is 10.0 Å². The van der Waals surface area contributed by atoms with Gasteiger partial charge in [0.1, 0.15) is 16.4 Å². The minimum Gasteiger partial charge on any atom is -0.507 e. The van der Waals surface area contributed by atoms with Crippen LogP contribution in [0.5, 0.6) is 5.75 Å². The van der Waals surface area contributed by atoms with Crippen molar-refractivity contribution in [1.29, 1.82) is 0 Å². The predicted molar refractivity (Wildman–Crippen MR) is 149 cm³/mol. The van der Waals surface area contributed by atoms with E-state index in [0.29, 0.717) is 29.2 Å². The fourth-order valence-corrected chi connectivity index (χ4v) is 5.31. The van der Waals surface area contributed by atoms with E-state index in [1.165, 1.54) is 4.90 Å². The number of hydrogen-bond acceptors (Lipinski definition) is 8. The first-order chi connectivity index (χ1) is 18.3. The van der Waals surface area contributed by atoms with E-state index in [1.54, 1.807) is 62.4 Å². The van der Waals surface area contributed by atoms with E-state index >= 15 is 0 Å². The van der Waals surface area contributed by atoms with Crippen LogP contribution in [-0.2, 0) is 14.3 Å². The van der Waals surface area contributed by atoms with Gasteiger partial charge in [-0.05, 0) is 62.2 Å². The third-order valence-electron chi connectivity index (χ3n) is 5.98. The van der Waals surface area contributed by atoms with Crippen LogP contribution in [0, 0.1) is 6.92 Å². The lowest BCUT2D eigenvalue weighted by Crippen LogP contribution is -2.29. The number of ketones is 1. The summed E-state index contributed by atoms with van der Waals surface area (Å²) < 4.78 is 11.6. The molecule has 1 N–H and O–H groups in total. The Bertz CT molecular complexity index is 1380. The Kier molecular flexibility index (Phi) is 8.63. The maximum absolute atomic E-state index is 13.4. The highest BCUT2D eigenvalue weighted by Gasteiger charge is 2.48. The second kappa shape index (κ2) is 11.9. The summed E-state index contributed by atoms with van der Waals surface area (Å²) in [6, 6.07) is 12.9. The van der Waals surface area contributed by atoms with Crippen molar-refractivity contribution in [2.75, 3.05) is 18.1 Å². The topological polar surface area (TPSA) is 106 Å². The van der Waals surface area contributed by atoms with Gasteiger partial charge in [0.25, 0.3) is 5.78 Å². The van der Waals surface area contributed by atoms with Crippen molar-refractivity contribution in [2.24, 2.45) is 0 Å². The fourth-order valence-electron chi connectivity index (χ4n) is 4.06. The Morgan fingerprint density at radius 1 is 1.11 bits per heavy atom. The van der Waals surface area contributed by atoms with Crippen LogP contribution in [-0.4, -0.2) is 41.0 Å². The smallest absolute Gasteiger partial charge is 0.350 e. The van der Waals surface area contributed by atoms with Gasteiger partial charge in [-0.2, -0.15) is 0 Å². The summed E-state index contributed by atoms with van der Waals surface area (Å²) in [4.78, 5) is 45.1. The van der Waals surface area contributed by atoms with Gasteiger partial charge in [-0.15, -0.1) is 0 Å². The number of benzene rings is 2. The van der Waals surface area contributed by atoms with Gasteiger partial charge in [0.05, 0.1) is 30.5 Å². The molecule has 1 aliphatic rings. The van der Waals surface area contributed by atoms with Gasteiger partial charge >= 0.3 is 11.9 Å². The van der Waals surface area contributed by atoms with Crippen LogP contribution >= 0.6 is 27.3 Å². The Morgan fingerprint density at radius 3 is 2.42 bits per heavy atom. The fraction of sp³-hybridized carbons (Fsp3) is 0.286. The van der Waals surface area contributed by atoms with E-state index in [0.717, 1.165) is 28.7 Å². The lowest BCUT2D eigenvalue weighted by Gasteiger charge is -2.23. The van der Waals surface area contributed by atoms with Crippen molar-refractivity contribution >= 4 is 55.8 Å². The molecule has 198 valence electrons. The number of aryl methyl sites for hydroxylation is 1. The zero-order valence-electron chi connectivity index (χ0n) is 21.2. The molecule has 1 saturated heterocycles. The molecule has 0 saturated carbocycles. The van der Waals surface area contributed by atoms with Crippen molar-refractivity contribution in [3.05, 3.63) is 80.3 Å². The first-order valence-electron chi connectivity index (χ1n) is 12.2. The predicted octanol–water partition coefficient (Wildman–Crippen LogP) is 6.20. The summed E-state index contributed by atoms with van der Waals surface area (Å²) in [6.07, 6.45) is 1.93. The molecule has 4 rings (SSSR count). The number of esters is 1. The van der Waals surface area contributed by atoms with E-state index < -0.39 is 23.7 Å². The average Bonchev–Trinajstić information content (AvgIpc) is 3.41. The summed E-state index contributed by atoms with van der Waals surface area (Å²) in [5.74, 6) is -1.90. The van der Waals surface area contributed by atoms with Crippen molar-refractivity contribution in [3.63, 3.8) is 0 Å². The molecule has 0 spiro atoms. The quantitative estimate of drug-likeness (QED) is 0.103. The Hall–Kier alpha value is -3.50. The van der Waals surface area contributed by atoms with Crippen LogP contribution in [0.15, 0.2) is 58.6 Å². The molecule has 2 aromatic carbocycles. The lowest BCUT2D eigenvalue weighted by molar-refractivity contribution is -0.132. The molecule has 0 radical (unpaired) electrons. The molecule has 3 aromatic rings. The number of carbonyl (C=O) groups excluding carboxylic acids is 3. The molecule has 1 fully saturated rings. The van der Waals surface area contributed by atoms with E-state index in [2.05, 4.69) is 27.8 Å². The highest BCUT2D eigenvalue weighted by atomic mass is 79.9. The second-order valence-electron chi connectivity index (χ2n) is 8.58. The molecule has 10 heteroatoms. The highest BCUT2D eigenvalue weighted by Crippen LogP contribution is 2.44. The zero-order valence-corrected chi connectivity index (χ0v) is 23.6. The number of rotatable bonds is 9. The number of aliphatic hydroxyl groups is 1. The van der Waals surface area contributed by atoms with Crippen LogP contribution in [0.1, 0.15) is 59.2 Å². The Labute approximate surface area is 233 Å². The van der Waals surface area contributed by atoms with Crippen molar-refractivity contribution in [1.82, 2.24) is 4.98 Å². The van der Waals surface area contributed by atoms with Crippen molar-refractivity contribution in [2.45, 2.75) is 39.7 Å². The molecule has 38 heavy (non-hydrogen) atoms. The lowest BCUT2D eigenvalue weighted by atomic mass is 9.95. The summed E-state index contributed by atoms with van der Waals surface area (Å²) in [6.45, 7) is 6.19. The van der Waals surface area contributed by atoms with Gasteiger partial charge in [-0.3, -0.25) is 14.5 Å². The Morgan fingerprint density at radius 2 is 1.79 bits per heavy atom. The number of amides is 1. The van der Waals surface area contributed by atoms with Crippen LogP contribution in [0.4, 0.5) is 5.13 Å². The molecule has 8 nitrogen and oxygen atoms in total. The average molecular weight is 600 g/mol. The van der Waals surface area contributed by atoms with Crippen LogP contribution < -0.4 is 9.64 Å². The number of nitrogens with zero attached hydrogens (tertiary/aromatic N) is 2. The molecule has 1 unspecified atom stereocenters. The number of unbranched alkanes of at least 4 members (excludes halogenated alkanes) is 1. The van der Waals surface area contributed by atoms with Crippen molar-refractivity contribution < 1.29 is 29.0 Å². The Balaban J connectivity index is 1.80. The molecule has 0 bridgehead atoms. The molecule has 0 aliphatic carbocycles. The van der Waals surface area contributed by atoms with Gasteiger partial charge < -0.3 is 14.6 Å². The monoisotopic (exact) mass is 598 g/mol. The molecule has 2 heterocycles. The number of Topliss-reactive ketones (excluding diaryl/α,β-unsaturated/α-hetero) is 1. The van der Waals surface area contributed by atoms with Gasteiger partial charge in [-0.25, -0.2) is 9.78 Å². The first-order valence-corrected chi connectivity index (χ1v) is 13.8. The maximum atomic E-state index is 13.4. The number of halogens is 1.